The fourth-order valence-electron chi connectivity index (χ4n) is 2.67. The monoisotopic (exact) mass is 472 g/mol. The Bertz CT molecular complexity index is 649. The summed E-state index contributed by atoms with van der Waals surface area (Å²) in [6.07, 6.45) is 14.4. The first-order valence-corrected chi connectivity index (χ1v) is 6.57. The average Bonchev–Trinajstić information content (AvgIpc) is 3.32. The minimum atomic E-state index is -1.83. The molecule has 0 aromatic carbocycles. The first-order chi connectivity index (χ1) is 10.4. The van der Waals surface area contributed by atoms with Gasteiger partial charge >= 0.3 is 6.69 Å². The molecule has 4 aromatic heterocycles. The van der Waals surface area contributed by atoms with Crippen LogP contribution in [-0.4, -0.2) is 45.5 Å². The van der Waals surface area contributed by atoms with E-state index in [1.54, 1.807) is 24.8 Å². The van der Waals surface area contributed by atoms with Gasteiger partial charge in [-0.2, -0.15) is 0 Å². The summed E-state index contributed by atoms with van der Waals surface area (Å²) in [5, 5.41) is 17.7. The van der Waals surface area contributed by atoms with Crippen LogP contribution >= 0.6 is 0 Å². The molecule has 22 heavy (non-hydrogen) atoms. The standard InChI is InChI=1S/C12H12BN8.Ir/c1-5-14-18(9-1)13(19-10-2-6-15-19,20-11-3-7-16-20)21-12-4-8-17-21;/h1-12H;/q-1;. The molecular weight excluding hydrogens is 459 g/mol. The van der Waals surface area contributed by atoms with Crippen LogP contribution in [0.15, 0.2) is 73.8 Å². The van der Waals surface area contributed by atoms with Crippen LogP contribution in [0, 0.1) is 0 Å². The molecule has 0 fully saturated rings. The summed E-state index contributed by atoms with van der Waals surface area (Å²) in [7, 11) is 0. The van der Waals surface area contributed by atoms with Crippen molar-refractivity contribution >= 4 is 6.69 Å². The van der Waals surface area contributed by atoms with Gasteiger partial charge in [0.1, 0.15) is 0 Å². The molecule has 0 unspecified atom stereocenters. The Morgan fingerprint density at radius 1 is 0.500 bits per heavy atom. The predicted octanol–water partition coefficient (Wildman–Crippen LogP) is 0.399. The Kier molecular flexibility index (Phi) is 3.78. The van der Waals surface area contributed by atoms with Gasteiger partial charge in [-0.15, -0.1) is 0 Å². The van der Waals surface area contributed by atoms with Gasteiger partial charge in [-0.25, -0.2) is 20.4 Å². The summed E-state index contributed by atoms with van der Waals surface area (Å²) in [4.78, 5) is 0. The zero-order valence-electron chi connectivity index (χ0n) is 11.4. The van der Waals surface area contributed by atoms with Crippen LogP contribution in [-0.2, 0) is 20.1 Å². The van der Waals surface area contributed by atoms with Crippen molar-refractivity contribution < 1.29 is 20.1 Å². The number of rotatable bonds is 4. The Hall–Kier alpha value is -2.45. The average molecular weight is 471 g/mol. The van der Waals surface area contributed by atoms with Crippen molar-refractivity contribution in [3.05, 3.63) is 73.8 Å². The number of nitrogens with zero attached hydrogens (tertiary/aromatic N) is 8. The maximum atomic E-state index is 4.42. The van der Waals surface area contributed by atoms with Crippen molar-refractivity contribution in [1.82, 2.24) is 38.8 Å². The van der Waals surface area contributed by atoms with Crippen LogP contribution in [0.25, 0.3) is 0 Å². The van der Waals surface area contributed by atoms with E-state index < -0.39 is 6.69 Å². The summed E-state index contributed by atoms with van der Waals surface area (Å²) in [5.74, 6) is 0. The van der Waals surface area contributed by atoms with Crippen molar-refractivity contribution in [2.24, 2.45) is 0 Å². The Labute approximate surface area is 139 Å². The molecule has 0 saturated heterocycles. The van der Waals surface area contributed by atoms with E-state index in [1.165, 1.54) is 0 Å². The van der Waals surface area contributed by atoms with E-state index in [0.717, 1.165) is 0 Å². The first kappa shape index (κ1) is 14.5. The van der Waals surface area contributed by atoms with Gasteiger partial charge < -0.3 is 18.4 Å². The van der Waals surface area contributed by atoms with Gasteiger partial charge in [0.05, 0.1) is 0 Å². The van der Waals surface area contributed by atoms with Crippen LogP contribution in [0.3, 0.4) is 0 Å². The minimum absolute atomic E-state index is 0. The summed E-state index contributed by atoms with van der Waals surface area (Å²) >= 11 is 0. The Morgan fingerprint density at radius 3 is 0.955 bits per heavy atom. The third kappa shape index (κ3) is 1.96. The van der Waals surface area contributed by atoms with E-state index in [-0.39, 0.29) is 20.1 Å². The summed E-state index contributed by atoms with van der Waals surface area (Å²) in [6, 6.07) is 7.47. The largest absolute Gasteiger partial charge is 0.466 e. The Balaban J connectivity index is 0.00000144. The van der Waals surface area contributed by atoms with Gasteiger partial charge in [-0.05, 0) is 49.1 Å². The van der Waals surface area contributed by atoms with Crippen LogP contribution in [0.5, 0.6) is 0 Å². The molecule has 0 N–H and O–H groups in total. The van der Waals surface area contributed by atoms with E-state index in [0.29, 0.717) is 0 Å². The molecule has 4 heterocycles. The van der Waals surface area contributed by atoms with Crippen molar-refractivity contribution in [3.63, 3.8) is 0 Å². The summed E-state index contributed by atoms with van der Waals surface area (Å²) in [6.45, 7) is -1.83. The number of aromatic nitrogens is 8. The molecule has 0 bridgehead atoms. The molecule has 1 radical (unpaired) electrons. The normalized spacial score (nSPS) is 11.3. The summed E-state index contributed by atoms with van der Waals surface area (Å²) in [5.41, 5.74) is 0. The van der Waals surface area contributed by atoms with Gasteiger partial charge in [0, 0.05) is 44.9 Å². The maximum Gasteiger partial charge on any atom is 0.466 e. The van der Waals surface area contributed by atoms with Gasteiger partial charge in [-0.1, -0.05) is 0 Å². The maximum absolute atomic E-state index is 4.42. The van der Waals surface area contributed by atoms with E-state index in [4.69, 9.17) is 0 Å². The third-order valence-corrected chi connectivity index (χ3v) is 3.52. The van der Waals surface area contributed by atoms with Gasteiger partial charge in [0.15, 0.2) is 0 Å². The minimum Gasteiger partial charge on any atom is -0.379 e. The SMILES string of the molecule is [Ir].c1cnn([B-](n2cccn2)(n2cccn2)n2cccn2)c1. The second-order valence-electron chi connectivity index (χ2n) is 4.64. The number of hydrogen-bond donors (Lipinski definition) is 0. The van der Waals surface area contributed by atoms with E-state index in [9.17, 15) is 0 Å². The molecule has 0 aliphatic rings. The van der Waals surface area contributed by atoms with Gasteiger partial charge in [0.25, 0.3) is 0 Å². The van der Waals surface area contributed by atoms with Crippen molar-refractivity contribution in [2.75, 3.05) is 0 Å². The molecule has 4 rings (SSSR count). The fourth-order valence-corrected chi connectivity index (χ4v) is 2.67. The van der Waals surface area contributed by atoms with Crippen molar-refractivity contribution in [2.45, 2.75) is 0 Å². The molecular formula is C12H12BIrN8-. The molecule has 0 amide bonds. The molecule has 10 heteroatoms. The zero-order chi connectivity index (χ0) is 14.1. The topological polar surface area (TPSA) is 71.3 Å². The molecule has 0 saturated carbocycles. The second-order valence-corrected chi connectivity index (χ2v) is 4.64. The smallest absolute Gasteiger partial charge is 0.379 e. The summed E-state index contributed by atoms with van der Waals surface area (Å²) < 4.78 is 7.25. The van der Waals surface area contributed by atoms with E-state index in [2.05, 4.69) is 20.4 Å². The Morgan fingerprint density at radius 2 is 0.773 bits per heavy atom. The molecule has 8 nitrogen and oxygen atoms in total. The zero-order valence-corrected chi connectivity index (χ0v) is 13.8. The quantitative estimate of drug-likeness (QED) is 0.404. The van der Waals surface area contributed by atoms with Gasteiger partial charge in [0.2, 0.25) is 0 Å². The molecule has 4 aromatic rings. The first-order valence-electron chi connectivity index (χ1n) is 6.57. The predicted molar refractivity (Wildman–Crippen MR) is 76.3 cm³/mol. The molecule has 0 aliphatic carbocycles. The molecule has 0 atom stereocenters. The van der Waals surface area contributed by atoms with Crippen LogP contribution in [0.2, 0.25) is 0 Å². The third-order valence-electron chi connectivity index (χ3n) is 3.52. The van der Waals surface area contributed by atoms with Crippen LogP contribution in [0.4, 0.5) is 0 Å². The van der Waals surface area contributed by atoms with Crippen molar-refractivity contribution in [3.8, 4) is 0 Å². The second kappa shape index (κ2) is 5.74. The van der Waals surface area contributed by atoms with E-state index >= 15 is 0 Å². The van der Waals surface area contributed by atoms with Crippen molar-refractivity contribution in [1.29, 1.82) is 0 Å². The number of hydrogen-bond acceptors (Lipinski definition) is 4. The van der Waals surface area contributed by atoms with Crippen LogP contribution < -0.4 is 0 Å². The molecule has 0 aliphatic heterocycles. The fraction of sp³-hybridized carbons (Fsp3) is 0. The van der Waals surface area contributed by atoms with Gasteiger partial charge in [-0.3, -0.25) is 0 Å². The van der Waals surface area contributed by atoms with E-state index in [1.807, 2.05) is 67.4 Å². The molecule has 113 valence electrons. The molecule has 0 spiro atoms. The van der Waals surface area contributed by atoms with Crippen LogP contribution in [0.1, 0.15) is 0 Å².